The Hall–Kier alpha value is -2.69. The molecule has 3 aromatic rings. The summed E-state index contributed by atoms with van der Waals surface area (Å²) in [6, 6.07) is 7.01. The molecule has 5 nitrogen and oxygen atoms in total. The van der Waals surface area contributed by atoms with Crippen LogP contribution in [-0.2, 0) is 0 Å². The lowest BCUT2D eigenvalue weighted by molar-refractivity contribution is 0.986. The molecular weight excluding hydrogens is 252 g/mol. The standard InChI is InChI=1S/C15H14N4O/c1-10-15(11(2)18-17-10)12-3-4-14(20)19(9-12)13-5-7-16-8-6-13/h3-9H,1-2H3,(H,17,18). The van der Waals surface area contributed by atoms with Crippen LogP contribution in [0.25, 0.3) is 16.8 Å². The summed E-state index contributed by atoms with van der Waals surface area (Å²) >= 11 is 0. The number of pyridine rings is 2. The summed E-state index contributed by atoms with van der Waals surface area (Å²) < 4.78 is 1.61. The van der Waals surface area contributed by atoms with Crippen LogP contribution < -0.4 is 5.56 Å². The summed E-state index contributed by atoms with van der Waals surface area (Å²) in [5.41, 5.74) is 4.63. The van der Waals surface area contributed by atoms with E-state index in [9.17, 15) is 4.79 Å². The SMILES string of the molecule is Cc1n[nH]c(C)c1-c1ccc(=O)n(-c2ccncc2)c1. The number of rotatable bonds is 2. The first-order chi connectivity index (χ1) is 9.66. The first-order valence-corrected chi connectivity index (χ1v) is 6.32. The summed E-state index contributed by atoms with van der Waals surface area (Å²) in [5.74, 6) is 0. The summed E-state index contributed by atoms with van der Waals surface area (Å²) in [5, 5.41) is 7.16. The molecule has 0 saturated heterocycles. The van der Waals surface area contributed by atoms with Crippen LogP contribution in [-0.4, -0.2) is 19.7 Å². The number of H-pyrrole nitrogens is 1. The van der Waals surface area contributed by atoms with Gasteiger partial charge in [-0.15, -0.1) is 0 Å². The Kier molecular flexibility index (Phi) is 2.95. The second-order valence-corrected chi connectivity index (χ2v) is 4.64. The molecule has 3 heterocycles. The highest BCUT2D eigenvalue weighted by Gasteiger charge is 2.10. The Bertz CT molecular complexity index is 783. The van der Waals surface area contributed by atoms with Crippen LogP contribution >= 0.6 is 0 Å². The second kappa shape index (κ2) is 4.77. The van der Waals surface area contributed by atoms with Gasteiger partial charge in [-0.1, -0.05) is 0 Å². The molecule has 0 bridgehead atoms. The summed E-state index contributed by atoms with van der Waals surface area (Å²) in [6.45, 7) is 3.91. The van der Waals surface area contributed by atoms with Crippen LogP contribution in [0.1, 0.15) is 11.4 Å². The molecule has 5 heteroatoms. The third kappa shape index (κ3) is 2.03. The largest absolute Gasteiger partial charge is 0.284 e. The number of aromatic nitrogens is 4. The lowest BCUT2D eigenvalue weighted by Gasteiger charge is -2.08. The highest BCUT2D eigenvalue weighted by atomic mass is 16.1. The number of nitrogens with zero attached hydrogens (tertiary/aromatic N) is 3. The van der Waals surface area contributed by atoms with E-state index in [1.807, 2.05) is 26.1 Å². The highest BCUT2D eigenvalue weighted by Crippen LogP contribution is 2.24. The molecule has 1 N–H and O–H groups in total. The van der Waals surface area contributed by atoms with E-state index in [2.05, 4.69) is 15.2 Å². The second-order valence-electron chi connectivity index (χ2n) is 4.64. The monoisotopic (exact) mass is 266 g/mol. The summed E-state index contributed by atoms with van der Waals surface area (Å²) in [7, 11) is 0. The van der Waals surface area contributed by atoms with E-state index < -0.39 is 0 Å². The fraction of sp³-hybridized carbons (Fsp3) is 0.133. The van der Waals surface area contributed by atoms with Crippen molar-refractivity contribution in [1.82, 2.24) is 19.7 Å². The fourth-order valence-electron chi connectivity index (χ4n) is 2.32. The zero-order valence-corrected chi connectivity index (χ0v) is 11.3. The molecule has 0 saturated carbocycles. The van der Waals surface area contributed by atoms with Gasteiger partial charge in [-0.25, -0.2) is 0 Å². The molecule has 0 unspecified atom stereocenters. The minimum Gasteiger partial charge on any atom is -0.284 e. The van der Waals surface area contributed by atoms with Crippen molar-refractivity contribution in [1.29, 1.82) is 0 Å². The highest BCUT2D eigenvalue weighted by molar-refractivity contribution is 5.67. The molecule has 100 valence electrons. The predicted octanol–water partition coefficient (Wildman–Crippen LogP) is 2.24. The third-order valence-electron chi connectivity index (χ3n) is 3.27. The van der Waals surface area contributed by atoms with Crippen molar-refractivity contribution < 1.29 is 0 Å². The molecule has 0 radical (unpaired) electrons. The molecule has 3 aromatic heterocycles. The van der Waals surface area contributed by atoms with Gasteiger partial charge in [-0.3, -0.25) is 19.4 Å². The van der Waals surface area contributed by atoms with E-state index in [1.54, 1.807) is 35.2 Å². The van der Waals surface area contributed by atoms with Crippen molar-refractivity contribution in [2.24, 2.45) is 0 Å². The van der Waals surface area contributed by atoms with E-state index in [0.717, 1.165) is 28.2 Å². The predicted molar refractivity (Wildman–Crippen MR) is 76.9 cm³/mol. The van der Waals surface area contributed by atoms with Gasteiger partial charge in [0, 0.05) is 41.5 Å². The smallest absolute Gasteiger partial charge is 0.255 e. The number of hydrogen-bond acceptors (Lipinski definition) is 3. The fourth-order valence-corrected chi connectivity index (χ4v) is 2.32. The van der Waals surface area contributed by atoms with Gasteiger partial charge in [0.05, 0.1) is 11.4 Å². The number of aromatic amines is 1. The van der Waals surface area contributed by atoms with E-state index in [0.29, 0.717) is 0 Å². The number of nitrogens with one attached hydrogen (secondary N) is 1. The minimum atomic E-state index is -0.0706. The Morgan fingerprint density at radius 3 is 2.50 bits per heavy atom. The maximum Gasteiger partial charge on any atom is 0.255 e. The minimum absolute atomic E-state index is 0.0706. The normalized spacial score (nSPS) is 10.7. The average molecular weight is 266 g/mol. The number of hydrogen-bond donors (Lipinski definition) is 1. The molecule has 0 amide bonds. The summed E-state index contributed by atoms with van der Waals surface area (Å²) in [4.78, 5) is 16.0. The van der Waals surface area contributed by atoms with Crippen molar-refractivity contribution in [3.63, 3.8) is 0 Å². The van der Waals surface area contributed by atoms with Crippen LogP contribution in [0.2, 0.25) is 0 Å². The van der Waals surface area contributed by atoms with E-state index in [4.69, 9.17) is 0 Å². The Balaban J connectivity index is 2.20. The lowest BCUT2D eigenvalue weighted by Crippen LogP contribution is -2.16. The van der Waals surface area contributed by atoms with Crippen LogP contribution in [0, 0.1) is 13.8 Å². The van der Waals surface area contributed by atoms with E-state index in [-0.39, 0.29) is 5.56 Å². The number of aryl methyl sites for hydroxylation is 2. The molecule has 0 aliphatic heterocycles. The van der Waals surface area contributed by atoms with E-state index in [1.165, 1.54) is 0 Å². The zero-order valence-electron chi connectivity index (χ0n) is 11.3. The van der Waals surface area contributed by atoms with Crippen LogP contribution in [0.3, 0.4) is 0 Å². The van der Waals surface area contributed by atoms with Crippen molar-refractivity contribution in [3.05, 3.63) is 64.6 Å². The third-order valence-corrected chi connectivity index (χ3v) is 3.27. The van der Waals surface area contributed by atoms with Crippen LogP contribution in [0.15, 0.2) is 47.7 Å². The van der Waals surface area contributed by atoms with Crippen LogP contribution in [0.4, 0.5) is 0 Å². The molecule has 0 aliphatic rings. The van der Waals surface area contributed by atoms with Gasteiger partial charge in [0.25, 0.3) is 5.56 Å². The van der Waals surface area contributed by atoms with Crippen molar-refractivity contribution in [3.8, 4) is 16.8 Å². The van der Waals surface area contributed by atoms with Crippen molar-refractivity contribution >= 4 is 0 Å². The molecule has 0 aliphatic carbocycles. The van der Waals surface area contributed by atoms with E-state index >= 15 is 0 Å². The molecule has 0 atom stereocenters. The first kappa shape index (κ1) is 12.3. The van der Waals surface area contributed by atoms with Crippen molar-refractivity contribution in [2.75, 3.05) is 0 Å². The molecule has 0 fully saturated rings. The van der Waals surface area contributed by atoms with Crippen LogP contribution in [0.5, 0.6) is 0 Å². The Labute approximate surface area is 115 Å². The first-order valence-electron chi connectivity index (χ1n) is 6.32. The lowest BCUT2D eigenvalue weighted by atomic mass is 10.1. The maximum absolute atomic E-state index is 12.0. The zero-order chi connectivity index (χ0) is 14.1. The van der Waals surface area contributed by atoms with Crippen molar-refractivity contribution in [2.45, 2.75) is 13.8 Å². The molecule has 3 rings (SSSR count). The molecular formula is C15H14N4O. The Morgan fingerprint density at radius 1 is 1.10 bits per heavy atom. The average Bonchev–Trinajstić information content (AvgIpc) is 2.80. The summed E-state index contributed by atoms with van der Waals surface area (Å²) in [6.07, 6.45) is 5.17. The molecule has 0 spiro atoms. The molecule has 20 heavy (non-hydrogen) atoms. The quantitative estimate of drug-likeness (QED) is 0.773. The van der Waals surface area contributed by atoms with Gasteiger partial charge < -0.3 is 0 Å². The van der Waals surface area contributed by atoms with Gasteiger partial charge in [-0.05, 0) is 32.0 Å². The van der Waals surface area contributed by atoms with Gasteiger partial charge in [0.1, 0.15) is 0 Å². The maximum atomic E-state index is 12.0. The topological polar surface area (TPSA) is 63.6 Å². The van der Waals surface area contributed by atoms with Gasteiger partial charge in [0.2, 0.25) is 0 Å². The Morgan fingerprint density at radius 2 is 1.85 bits per heavy atom. The molecule has 0 aromatic carbocycles. The van der Waals surface area contributed by atoms with Gasteiger partial charge in [-0.2, -0.15) is 5.10 Å². The van der Waals surface area contributed by atoms with Gasteiger partial charge in [0.15, 0.2) is 0 Å². The van der Waals surface area contributed by atoms with Gasteiger partial charge >= 0.3 is 0 Å².